The van der Waals surface area contributed by atoms with Crippen molar-refractivity contribution >= 4 is 26.8 Å². The summed E-state index contributed by atoms with van der Waals surface area (Å²) in [6.45, 7) is 3.35. The number of allylic oxidation sites excluding steroid dienone is 1. The molecule has 1 aliphatic heterocycles. The van der Waals surface area contributed by atoms with Gasteiger partial charge in [-0.2, -0.15) is 0 Å². The van der Waals surface area contributed by atoms with Gasteiger partial charge in [0.2, 0.25) is 0 Å². The van der Waals surface area contributed by atoms with Gasteiger partial charge in [0.25, 0.3) is 0 Å². The van der Waals surface area contributed by atoms with Crippen LogP contribution in [0.5, 0.6) is 11.5 Å². The molecule has 1 unspecified atom stereocenters. The van der Waals surface area contributed by atoms with Gasteiger partial charge in [-0.3, -0.25) is 5.14 Å². The number of aliphatic hydroxyl groups is 1. The van der Waals surface area contributed by atoms with Gasteiger partial charge in [0.1, 0.15) is 11.5 Å². The molecule has 184 valence electrons. The van der Waals surface area contributed by atoms with Crippen molar-refractivity contribution in [3.8, 4) is 11.5 Å². The fourth-order valence-corrected chi connectivity index (χ4v) is 5.27. The zero-order chi connectivity index (χ0) is 24.6. The smallest absolute Gasteiger partial charge is 0.170 e. The third kappa shape index (κ3) is 6.31. The average molecular weight is 487 g/mol. The van der Waals surface area contributed by atoms with Crippen molar-refractivity contribution in [1.82, 2.24) is 0 Å². The topological polar surface area (TPSA) is 136 Å². The Balaban J connectivity index is 1.38. The van der Waals surface area contributed by atoms with E-state index in [-0.39, 0.29) is 12.4 Å². The lowest BCUT2D eigenvalue weighted by atomic mass is 10.1. The third-order valence-corrected chi connectivity index (χ3v) is 8.47. The largest absolute Gasteiger partial charge is 0.494 e. The van der Waals surface area contributed by atoms with Gasteiger partial charge < -0.3 is 25.5 Å². The van der Waals surface area contributed by atoms with Crippen LogP contribution in [-0.2, 0) is 0 Å². The molecule has 2 aromatic rings. The van der Waals surface area contributed by atoms with E-state index in [0.29, 0.717) is 25.2 Å². The molecule has 6 N–H and O–H groups in total. The molecule has 1 heterocycles. The van der Waals surface area contributed by atoms with Gasteiger partial charge in [0.15, 0.2) is 5.84 Å². The zero-order valence-corrected chi connectivity index (χ0v) is 20.6. The SMILES string of the molecule is CC1=C(c2ccc(OCCCCCOc3ccc(/C(N)=N/O)cc3)cc2)N=C(CCO)S1(C)N. The summed E-state index contributed by atoms with van der Waals surface area (Å²) in [6, 6.07) is 15.0. The molecule has 0 aromatic heterocycles. The maximum atomic E-state index is 9.30. The van der Waals surface area contributed by atoms with Gasteiger partial charge >= 0.3 is 0 Å². The summed E-state index contributed by atoms with van der Waals surface area (Å²) in [6.07, 6.45) is 5.38. The molecule has 0 radical (unpaired) electrons. The first-order chi connectivity index (χ1) is 16.4. The number of ether oxygens (including phenoxy) is 2. The zero-order valence-electron chi connectivity index (χ0n) is 19.7. The Bertz CT molecular complexity index is 1050. The van der Waals surface area contributed by atoms with Crippen molar-refractivity contribution in [2.24, 2.45) is 21.0 Å². The van der Waals surface area contributed by atoms with Crippen molar-refractivity contribution in [2.45, 2.75) is 32.6 Å². The van der Waals surface area contributed by atoms with E-state index in [1.54, 1.807) is 24.3 Å². The van der Waals surface area contributed by atoms with E-state index in [0.717, 1.165) is 52.0 Å². The third-order valence-electron chi connectivity index (χ3n) is 5.73. The molecule has 1 atom stereocenters. The summed E-state index contributed by atoms with van der Waals surface area (Å²) < 4.78 is 11.6. The predicted molar refractivity (Wildman–Crippen MR) is 140 cm³/mol. The molecule has 0 saturated heterocycles. The Kier molecular flexibility index (Phi) is 8.98. The summed E-state index contributed by atoms with van der Waals surface area (Å²) >= 11 is 0. The number of aliphatic imine (C=N–C) groups is 1. The lowest BCUT2D eigenvalue weighted by Crippen LogP contribution is -2.18. The molecule has 0 fully saturated rings. The summed E-state index contributed by atoms with van der Waals surface area (Å²) in [7, 11) is -1.58. The highest BCUT2D eigenvalue weighted by molar-refractivity contribution is 8.46. The standard InChI is InChI=1S/C25H34N4O4S/c1-18-24(28-23(14-15-30)34(18,2)27)19-6-10-21(11-7-19)32-16-4-3-5-17-33-22-12-8-20(9-13-22)25(26)29-31/h6-13,30-31H,3-5,14-17,27H2,1-2H3,(H2,26,29). The molecule has 8 nitrogen and oxygen atoms in total. The van der Waals surface area contributed by atoms with Crippen LogP contribution < -0.4 is 20.3 Å². The van der Waals surface area contributed by atoms with Crippen LogP contribution in [0.3, 0.4) is 0 Å². The molecule has 0 amide bonds. The maximum Gasteiger partial charge on any atom is 0.170 e. The monoisotopic (exact) mass is 486 g/mol. The Morgan fingerprint density at radius 2 is 1.53 bits per heavy atom. The number of oxime groups is 1. The molecule has 0 aliphatic carbocycles. The molecular weight excluding hydrogens is 452 g/mol. The van der Waals surface area contributed by atoms with Gasteiger partial charge in [-0.15, -0.1) is 10.2 Å². The minimum absolute atomic E-state index is 0.0574. The highest BCUT2D eigenvalue weighted by atomic mass is 32.3. The van der Waals surface area contributed by atoms with E-state index >= 15 is 0 Å². The van der Waals surface area contributed by atoms with Crippen LogP contribution in [0.25, 0.3) is 5.70 Å². The van der Waals surface area contributed by atoms with E-state index in [2.05, 4.69) is 5.16 Å². The van der Waals surface area contributed by atoms with Crippen molar-refractivity contribution in [1.29, 1.82) is 0 Å². The molecule has 2 aromatic carbocycles. The first-order valence-electron chi connectivity index (χ1n) is 11.3. The number of amidine groups is 1. The lowest BCUT2D eigenvalue weighted by Gasteiger charge is -2.28. The Morgan fingerprint density at radius 3 is 2.06 bits per heavy atom. The van der Waals surface area contributed by atoms with Gasteiger partial charge in [0, 0.05) is 29.1 Å². The molecule has 3 rings (SSSR count). The molecule has 9 heteroatoms. The quantitative estimate of drug-likeness (QED) is 0.117. The van der Waals surface area contributed by atoms with E-state index in [1.165, 1.54) is 0 Å². The fraction of sp³-hybridized carbons (Fsp3) is 0.360. The minimum atomic E-state index is -1.58. The van der Waals surface area contributed by atoms with Crippen LogP contribution in [0.4, 0.5) is 0 Å². The average Bonchev–Trinajstić information content (AvgIpc) is 3.07. The number of unbranched alkanes of at least 4 members (excludes halogenated alkanes) is 2. The van der Waals surface area contributed by atoms with E-state index < -0.39 is 10.2 Å². The molecule has 1 aliphatic rings. The summed E-state index contributed by atoms with van der Waals surface area (Å²) in [5, 5.41) is 28.4. The summed E-state index contributed by atoms with van der Waals surface area (Å²) in [5.41, 5.74) is 8.12. The number of benzene rings is 2. The number of nitrogens with zero attached hydrogens (tertiary/aromatic N) is 2. The van der Waals surface area contributed by atoms with Crippen molar-refractivity contribution in [2.75, 3.05) is 26.1 Å². The maximum absolute atomic E-state index is 9.30. The number of hydrogen-bond acceptors (Lipinski definition) is 7. The number of hydrogen-bond donors (Lipinski definition) is 4. The van der Waals surface area contributed by atoms with Crippen LogP contribution in [0, 0.1) is 0 Å². The van der Waals surface area contributed by atoms with E-state index in [1.807, 2.05) is 37.4 Å². The predicted octanol–water partition coefficient (Wildman–Crippen LogP) is 4.20. The number of rotatable bonds is 12. The van der Waals surface area contributed by atoms with Crippen LogP contribution in [0.15, 0.2) is 63.6 Å². The molecular formula is C25H34N4O4S. The molecule has 0 spiro atoms. The van der Waals surface area contributed by atoms with Crippen molar-refractivity contribution < 1.29 is 19.8 Å². The fourth-order valence-electron chi connectivity index (χ4n) is 3.56. The molecule has 34 heavy (non-hydrogen) atoms. The molecule has 0 bridgehead atoms. The van der Waals surface area contributed by atoms with E-state index in [9.17, 15) is 5.11 Å². The van der Waals surface area contributed by atoms with Gasteiger partial charge in [-0.05, 0) is 81.0 Å². The highest BCUT2D eigenvalue weighted by Gasteiger charge is 2.30. The second-order valence-electron chi connectivity index (χ2n) is 8.16. The summed E-state index contributed by atoms with van der Waals surface area (Å²) in [4.78, 5) is 5.82. The Labute approximate surface area is 202 Å². The Morgan fingerprint density at radius 1 is 0.971 bits per heavy atom. The van der Waals surface area contributed by atoms with Crippen LogP contribution in [0.2, 0.25) is 0 Å². The molecule has 0 saturated carbocycles. The van der Waals surface area contributed by atoms with Crippen LogP contribution in [-0.4, -0.2) is 47.3 Å². The second-order valence-corrected chi connectivity index (χ2v) is 11.2. The van der Waals surface area contributed by atoms with Gasteiger partial charge in [0.05, 0.1) is 24.0 Å². The minimum Gasteiger partial charge on any atom is -0.494 e. The second kappa shape index (κ2) is 11.9. The number of aliphatic hydroxyl groups excluding tert-OH is 1. The normalized spacial score (nSPS) is 20.1. The van der Waals surface area contributed by atoms with Crippen molar-refractivity contribution in [3.63, 3.8) is 0 Å². The first kappa shape index (κ1) is 25.6. The Hall–Kier alpha value is -3.01. The van der Waals surface area contributed by atoms with Crippen molar-refractivity contribution in [3.05, 3.63) is 64.6 Å². The number of nitrogens with two attached hydrogens (primary N) is 2. The first-order valence-corrected chi connectivity index (χ1v) is 13.4. The van der Waals surface area contributed by atoms with E-state index in [4.69, 9.17) is 30.5 Å². The van der Waals surface area contributed by atoms with Gasteiger partial charge in [-0.25, -0.2) is 4.99 Å². The van der Waals surface area contributed by atoms with Crippen LogP contribution >= 0.6 is 10.2 Å². The summed E-state index contributed by atoms with van der Waals surface area (Å²) in [5.74, 6) is 1.65. The highest BCUT2D eigenvalue weighted by Crippen LogP contribution is 2.55. The van der Waals surface area contributed by atoms with Crippen LogP contribution in [0.1, 0.15) is 43.7 Å². The lowest BCUT2D eigenvalue weighted by molar-refractivity contribution is 0.279. The van der Waals surface area contributed by atoms with Gasteiger partial charge in [-0.1, -0.05) is 5.16 Å².